The number of rotatable bonds is 6. The molecule has 2 aromatic heterocycles. The molecule has 4 nitrogen and oxygen atoms in total. The van der Waals surface area contributed by atoms with Gasteiger partial charge in [-0.25, -0.2) is 4.68 Å². The van der Waals surface area contributed by atoms with Gasteiger partial charge in [-0.2, -0.15) is 0 Å². The maximum absolute atomic E-state index is 4.38. The van der Waals surface area contributed by atoms with Crippen LogP contribution >= 0.6 is 0 Å². The molecule has 1 unspecified atom stereocenters. The maximum atomic E-state index is 4.38. The first-order valence-electron chi connectivity index (χ1n) is 6.92. The van der Waals surface area contributed by atoms with Crippen LogP contribution in [-0.2, 0) is 19.4 Å². The first kappa shape index (κ1) is 13.7. The topological polar surface area (TPSA) is 43.6 Å². The predicted octanol–water partition coefficient (Wildman–Crippen LogP) is 2.75. The lowest BCUT2D eigenvalue weighted by molar-refractivity contribution is 0.442. The Morgan fingerprint density at radius 2 is 2.00 bits per heavy atom. The van der Waals surface area contributed by atoms with Crippen molar-refractivity contribution in [2.75, 3.05) is 0 Å². The number of hydrogen-bond donors (Lipinski definition) is 0. The van der Waals surface area contributed by atoms with Gasteiger partial charge in [-0.3, -0.25) is 4.98 Å². The summed E-state index contributed by atoms with van der Waals surface area (Å²) >= 11 is 0. The highest BCUT2D eigenvalue weighted by Crippen LogP contribution is 2.13. The van der Waals surface area contributed by atoms with Gasteiger partial charge in [-0.05, 0) is 36.8 Å². The molecule has 0 fully saturated rings. The molecule has 0 amide bonds. The number of hydrogen-bond acceptors (Lipinski definition) is 3. The molecule has 2 aromatic rings. The molecule has 4 heteroatoms. The standard InChI is InChI=1S/C15H22N4/c1-12(2)11-19-15(10-17-18-19)9-13(3)8-14-6-4-5-7-16-14/h4-7,10,12-13H,8-9,11H2,1-3H3. The summed E-state index contributed by atoms with van der Waals surface area (Å²) in [7, 11) is 0. The number of pyridine rings is 1. The first-order valence-corrected chi connectivity index (χ1v) is 6.92. The fourth-order valence-corrected chi connectivity index (χ4v) is 2.24. The Morgan fingerprint density at radius 1 is 1.16 bits per heavy atom. The van der Waals surface area contributed by atoms with E-state index in [-0.39, 0.29) is 0 Å². The lowest BCUT2D eigenvalue weighted by Gasteiger charge is -2.13. The largest absolute Gasteiger partial charge is 0.261 e. The summed E-state index contributed by atoms with van der Waals surface area (Å²) in [4.78, 5) is 4.38. The van der Waals surface area contributed by atoms with Crippen LogP contribution in [0.25, 0.3) is 0 Å². The van der Waals surface area contributed by atoms with Crippen LogP contribution in [-0.4, -0.2) is 20.0 Å². The molecular formula is C15H22N4. The Labute approximate surface area is 114 Å². The summed E-state index contributed by atoms with van der Waals surface area (Å²) in [6, 6.07) is 6.08. The van der Waals surface area contributed by atoms with Gasteiger partial charge >= 0.3 is 0 Å². The maximum Gasteiger partial charge on any atom is 0.0725 e. The van der Waals surface area contributed by atoms with Crippen LogP contribution in [0, 0.1) is 11.8 Å². The molecule has 0 saturated heterocycles. The summed E-state index contributed by atoms with van der Waals surface area (Å²) in [5.41, 5.74) is 2.37. The van der Waals surface area contributed by atoms with Gasteiger partial charge in [0.1, 0.15) is 0 Å². The highest BCUT2D eigenvalue weighted by atomic mass is 15.4. The quantitative estimate of drug-likeness (QED) is 0.800. The summed E-state index contributed by atoms with van der Waals surface area (Å²) in [5, 5.41) is 8.20. The smallest absolute Gasteiger partial charge is 0.0725 e. The SMILES string of the molecule is CC(C)Cn1nncc1CC(C)Cc1ccccn1. The molecule has 2 rings (SSSR count). The van der Waals surface area contributed by atoms with E-state index in [1.807, 2.05) is 29.2 Å². The van der Waals surface area contributed by atoms with E-state index >= 15 is 0 Å². The van der Waals surface area contributed by atoms with E-state index in [1.165, 1.54) is 5.69 Å². The van der Waals surface area contributed by atoms with Crippen molar-refractivity contribution >= 4 is 0 Å². The van der Waals surface area contributed by atoms with Gasteiger partial charge < -0.3 is 0 Å². The van der Waals surface area contributed by atoms with Crippen molar-refractivity contribution in [3.05, 3.63) is 42.0 Å². The highest BCUT2D eigenvalue weighted by molar-refractivity contribution is 5.05. The molecule has 0 radical (unpaired) electrons. The summed E-state index contributed by atoms with van der Waals surface area (Å²) in [6.07, 6.45) is 5.73. The Bertz CT molecular complexity index is 490. The van der Waals surface area contributed by atoms with E-state index < -0.39 is 0 Å². The van der Waals surface area contributed by atoms with Gasteiger partial charge in [0.15, 0.2) is 0 Å². The second-order valence-corrected chi connectivity index (χ2v) is 5.64. The summed E-state index contributed by atoms with van der Waals surface area (Å²) < 4.78 is 2.03. The Balaban J connectivity index is 1.95. The van der Waals surface area contributed by atoms with Crippen LogP contribution in [0.2, 0.25) is 0 Å². The molecule has 0 aromatic carbocycles. The van der Waals surface area contributed by atoms with Crippen molar-refractivity contribution in [2.45, 2.75) is 40.2 Å². The molecule has 19 heavy (non-hydrogen) atoms. The molecule has 0 aliphatic carbocycles. The van der Waals surface area contributed by atoms with Gasteiger partial charge in [-0.15, -0.1) is 5.10 Å². The second kappa shape index (κ2) is 6.45. The fraction of sp³-hybridized carbons (Fsp3) is 0.533. The molecule has 1 atom stereocenters. The van der Waals surface area contributed by atoms with Gasteiger partial charge in [0.05, 0.1) is 11.9 Å². The van der Waals surface area contributed by atoms with E-state index in [1.54, 1.807) is 0 Å². The minimum atomic E-state index is 0.541. The van der Waals surface area contributed by atoms with Crippen LogP contribution in [0.3, 0.4) is 0 Å². The number of aromatic nitrogens is 4. The molecule has 0 saturated carbocycles. The van der Waals surface area contributed by atoms with Crippen molar-refractivity contribution in [3.8, 4) is 0 Å². The third kappa shape index (κ3) is 4.16. The monoisotopic (exact) mass is 258 g/mol. The van der Waals surface area contributed by atoms with Crippen LogP contribution < -0.4 is 0 Å². The third-order valence-corrected chi connectivity index (χ3v) is 3.08. The van der Waals surface area contributed by atoms with E-state index in [0.29, 0.717) is 11.8 Å². The lowest BCUT2D eigenvalue weighted by Crippen LogP contribution is -2.13. The van der Waals surface area contributed by atoms with Crippen LogP contribution in [0.15, 0.2) is 30.6 Å². The van der Waals surface area contributed by atoms with Crippen molar-refractivity contribution in [1.29, 1.82) is 0 Å². The molecule has 0 aliphatic rings. The van der Waals surface area contributed by atoms with E-state index in [2.05, 4.69) is 42.1 Å². The third-order valence-electron chi connectivity index (χ3n) is 3.08. The van der Waals surface area contributed by atoms with Crippen LogP contribution in [0.1, 0.15) is 32.2 Å². The predicted molar refractivity (Wildman–Crippen MR) is 75.7 cm³/mol. The van der Waals surface area contributed by atoms with Crippen LogP contribution in [0.5, 0.6) is 0 Å². The molecule has 2 heterocycles. The normalized spacial score (nSPS) is 12.8. The Hall–Kier alpha value is -1.71. The lowest BCUT2D eigenvalue weighted by atomic mass is 9.99. The number of nitrogens with zero attached hydrogens (tertiary/aromatic N) is 4. The minimum Gasteiger partial charge on any atom is -0.261 e. The molecule has 102 valence electrons. The van der Waals surface area contributed by atoms with Gasteiger partial charge in [0.2, 0.25) is 0 Å². The zero-order chi connectivity index (χ0) is 13.7. The van der Waals surface area contributed by atoms with E-state index in [4.69, 9.17) is 0 Å². The Kier molecular flexibility index (Phi) is 4.66. The molecular weight excluding hydrogens is 236 g/mol. The van der Waals surface area contributed by atoms with Crippen molar-refractivity contribution < 1.29 is 0 Å². The van der Waals surface area contributed by atoms with Crippen molar-refractivity contribution in [2.24, 2.45) is 11.8 Å². The summed E-state index contributed by atoms with van der Waals surface area (Å²) in [5.74, 6) is 1.13. The fourth-order valence-electron chi connectivity index (χ4n) is 2.24. The highest BCUT2D eigenvalue weighted by Gasteiger charge is 2.11. The molecule has 0 N–H and O–H groups in total. The molecule has 0 bridgehead atoms. The second-order valence-electron chi connectivity index (χ2n) is 5.64. The average Bonchev–Trinajstić information content (AvgIpc) is 2.77. The van der Waals surface area contributed by atoms with Crippen molar-refractivity contribution in [1.82, 2.24) is 20.0 Å². The van der Waals surface area contributed by atoms with Crippen LogP contribution in [0.4, 0.5) is 0 Å². The van der Waals surface area contributed by atoms with Gasteiger partial charge in [0, 0.05) is 18.4 Å². The van der Waals surface area contributed by atoms with Gasteiger partial charge in [-0.1, -0.05) is 32.1 Å². The minimum absolute atomic E-state index is 0.541. The molecule has 0 spiro atoms. The van der Waals surface area contributed by atoms with E-state index in [9.17, 15) is 0 Å². The average molecular weight is 258 g/mol. The van der Waals surface area contributed by atoms with Crippen molar-refractivity contribution in [3.63, 3.8) is 0 Å². The molecule has 0 aliphatic heterocycles. The first-order chi connectivity index (χ1) is 9.15. The van der Waals surface area contributed by atoms with Gasteiger partial charge in [0.25, 0.3) is 0 Å². The Morgan fingerprint density at radius 3 is 2.68 bits per heavy atom. The zero-order valence-corrected chi connectivity index (χ0v) is 12.0. The zero-order valence-electron chi connectivity index (χ0n) is 12.0. The summed E-state index contributed by atoms with van der Waals surface area (Å²) in [6.45, 7) is 7.58. The van der Waals surface area contributed by atoms with E-state index in [0.717, 1.165) is 25.1 Å².